The van der Waals surface area contributed by atoms with Gasteiger partial charge in [0, 0.05) is 12.1 Å². The molecule has 1 heterocycles. The van der Waals surface area contributed by atoms with Gasteiger partial charge in [-0.2, -0.15) is 0 Å². The molecule has 0 atom stereocenters. The number of carboxylic acids is 1. The lowest BCUT2D eigenvalue weighted by Crippen LogP contribution is -2.13. The van der Waals surface area contributed by atoms with Crippen LogP contribution in [0.5, 0.6) is 11.6 Å². The van der Waals surface area contributed by atoms with Gasteiger partial charge in [0.1, 0.15) is 16.2 Å². The molecule has 0 saturated heterocycles. The van der Waals surface area contributed by atoms with Crippen LogP contribution in [-0.4, -0.2) is 36.7 Å². The Kier molecular flexibility index (Phi) is 4.18. The Morgan fingerprint density at radius 2 is 2.00 bits per heavy atom. The van der Waals surface area contributed by atoms with Crippen LogP contribution >= 0.6 is 0 Å². The van der Waals surface area contributed by atoms with Crippen molar-refractivity contribution in [1.82, 2.24) is 4.98 Å². The van der Waals surface area contributed by atoms with Crippen LogP contribution in [0.2, 0.25) is 0 Å². The molecule has 0 aliphatic carbocycles. The molecular formula is C13H12N2O6S. The van der Waals surface area contributed by atoms with Gasteiger partial charge in [0.2, 0.25) is 5.88 Å². The van der Waals surface area contributed by atoms with Crippen LogP contribution in [0.3, 0.4) is 0 Å². The predicted molar refractivity (Wildman–Crippen MR) is 76.7 cm³/mol. The fourth-order valence-corrected chi connectivity index (χ4v) is 2.63. The topological polar surface area (TPSA) is 126 Å². The third kappa shape index (κ3) is 3.26. The third-order valence-electron chi connectivity index (χ3n) is 2.71. The third-order valence-corrected chi connectivity index (χ3v) is 4.08. The Labute approximate surface area is 126 Å². The maximum Gasteiger partial charge on any atom is 0.339 e. The molecule has 3 N–H and O–H groups in total. The zero-order chi connectivity index (χ0) is 16.3. The summed E-state index contributed by atoms with van der Waals surface area (Å²) in [7, 11) is -2.51. The van der Waals surface area contributed by atoms with Gasteiger partial charge in [0.15, 0.2) is 0 Å². The van der Waals surface area contributed by atoms with E-state index in [1.54, 1.807) is 0 Å². The standard InChI is InChI=1S/C13H12N2O6S/c1-21-12-5-3-9(7-14-12)22(19,20)15-8-2-4-10(13(17)18)11(16)6-8/h2-7,15-16H,1H3,(H,17,18). The molecule has 9 heteroatoms. The van der Waals surface area contributed by atoms with E-state index in [4.69, 9.17) is 9.84 Å². The molecule has 0 aliphatic heterocycles. The number of aromatic carboxylic acids is 1. The second-order valence-corrected chi connectivity index (χ2v) is 5.86. The lowest BCUT2D eigenvalue weighted by molar-refractivity contribution is 0.0694. The molecule has 0 radical (unpaired) electrons. The molecule has 0 unspecified atom stereocenters. The highest BCUT2D eigenvalue weighted by Crippen LogP contribution is 2.24. The Balaban J connectivity index is 2.28. The highest BCUT2D eigenvalue weighted by Gasteiger charge is 2.17. The number of aromatic hydroxyl groups is 1. The molecule has 0 amide bonds. The maximum atomic E-state index is 12.1. The summed E-state index contributed by atoms with van der Waals surface area (Å²) in [5, 5.41) is 18.4. The number of methoxy groups -OCH3 is 1. The second-order valence-electron chi connectivity index (χ2n) is 4.18. The molecule has 0 aliphatic rings. The van der Waals surface area contributed by atoms with Crippen LogP contribution < -0.4 is 9.46 Å². The van der Waals surface area contributed by atoms with E-state index in [2.05, 4.69) is 9.71 Å². The van der Waals surface area contributed by atoms with Gasteiger partial charge in [-0.1, -0.05) is 0 Å². The normalized spacial score (nSPS) is 11.0. The van der Waals surface area contributed by atoms with Crippen LogP contribution in [0.15, 0.2) is 41.4 Å². The van der Waals surface area contributed by atoms with Crippen LogP contribution in [0.1, 0.15) is 10.4 Å². The van der Waals surface area contributed by atoms with Gasteiger partial charge in [-0.15, -0.1) is 0 Å². The molecule has 0 saturated carbocycles. The summed E-state index contributed by atoms with van der Waals surface area (Å²) in [6.07, 6.45) is 1.12. The molecule has 116 valence electrons. The number of carbonyl (C=O) groups is 1. The summed E-state index contributed by atoms with van der Waals surface area (Å²) in [6, 6.07) is 6.04. The van der Waals surface area contributed by atoms with Gasteiger partial charge in [0.05, 0.1) is 19.0 Å². The van der Waals surface area contributed by atoms with Crippen molar-refractivity contribution in [2.24, 2.45) is 0 Å². The van der Waals surface area contributed by atoms with Crippen molar-refractivity contribution >= 4 is 21.7 Å². The van der Waals surface area contributed by atoms with E-state index in [1.807, 2.05) is 0 Å². The number of aromatic nitrogens is 1. The number of hydrogen-bond acceptors (Lipinski definition) is 6. The molecular weight excluding hydrogens is 312 g/mol. The fraction of sp³-hybridized carbons (Fsp3) is 0.0769. The second kappa shape index (κ2) is 5.90. The summed E-state index contributed by atoms with van der Waals surface area (Å²) in [4.78, 5) is 14.5. The van der Waals surface area contributed by atoms with Crippen LogP contribution in [0.25, 0.3) is 0 Å². The Bertz CT molecular complexity index is 802. The van der Waals surface area contributed by atoms with Crippen molar-refractivity contribution in [2.75, 3.05) is 11.8 Å². The first-order chi connectivity index (χ1) is 10.3. The zero-order valence-electron chi connectivity index (χ0n) is 11.3. The number of benzene rings is 1. The summed E-state index contributed by atoms with van der Waals surface area (Å²) in [6.45, 7) is 0. The average molecular weight is 324 g/mol. The predicted octanol–water partition coefficient (Wildman–Crippen LogP) is 1.29. The number of sulfonamides is 1. The van der Waals surface area contributed by atoms with Crippen LogP contribution in [-0.2, 0) is 10.0 Å². The van der Waals surface area contributed by atoms with Gasteiger partial charge in [0.25, 0.3) is 10.0 Å². The van der Waals surface area contributed by atoms with Gasteiger partial charge in [-0.3, -0.25) is 4.72 Å². The highest BCUT2D eigenvalue weighted by atomic mass is 32.2. The Hall–Kier alpha value is -2.81. The molecule has 8 nitrogen and oxygen atoms in total. The number of rotatable bonds is 5. The van der Waals surface area contributed by atoms with Crippen molar-refractivity contribution in [2.45, 2.75) is 4.90 Å². The van der Waals surface area contributed by atoms with Gasteiger partial charge in [-0.05, 0) is 18.2 Å². The van der Waals surface area contributed by atoms with Gasteiger partial charge >= 0.3 is 5.97 Å². The van der Waals surface area contributed by atoms with E-state index in [9.17, 15) is 18.3 Å². The van der Waals surface area contributed by atoms with E-state index < -0.39 is 21.7 Å². The van der Waals surface area contributed by atoms with E-state index in [1.165, 1.54) is 25.3 Å². The summed E-state index contributed by atoms with van der Waals surface area (Å²) in [5.41, 5.74) is -0.299. The minimum atomic E-state index is -3.91. The fourth-order valence-electron chi connectivity index (χ4n) is 1.64. The van der Waals surface area contributed by atoms with Gasteiger partial charge in [-0.25, -0.2) is 18.2 Å². The molecule has 22 heavy (non-hydrogen) atoms. The number of hydrogen-bond donors (Lipinski definition) is 3. The Morgan fingerprint density at radius 1 is 1.27 bits per heavy atom. The molecule has 0 spiro atoms. The lowest BCUT2D eigenvalue weighted by Gasteiger charge is -2.09. The first-order valence-corrected chi connectivity index (χ1v) is 7.41. The summed E-state index contributed by atoms with van der Waals surface area (Å²) >= 11 is 0. The molecule has 0 fully saturated rings. The Morgan fingerprint density at radius 3 is 2.50 bits per heavy atom. The summed E-state index contributed by atoms with van der Waals surface area (Å²) in [5.74, 6) is -1.59. The molecule has 1 aromatic heterocycles. The largest absolute Gasteiger partial charge is 0.507 e. The van der Waals surface area contributed by atoms with E-state index in [-0.39, 0.29) is 22.0 Å². The number of carboxylic acid groups (broad SMARTS) is 1. The first-order valence-electron chi connectivity index (χ1n) is 5.92. The van der Waals surface area contributed by atoms with Crippen molar-refractivity contribution in [3.05, 3.63) is 42.1 Å². The highest BCUT2D eigenvalue weighted by molar-refractivity contribution is 7.92. The quantitative estimate of drug-likeness (QED) is 0.756. The molecule has 0 bridgehead atoms. The number of nitrogens with one attached hydrogen (secondary N) is 1. The zero-order valence-corrected chi connectivity index (χ0v) is 12.2. The molecule has 1 aromatic carbocycles. The maximum absolute atomic E-state index is 12.1. The van der Waals surface area contributed by atoms with E-state index >= 15 is 0 Å². The van der Waals surface area contributed by atoms with Crippen molar-refractivity contribution in [1.29, 1.82) is 0 Å². The van der Waals surface area contributed by atoms with Crippen molar-refractivity contribution in [3.63, 3.8) is 0 Å². The van der Waals surface area contributed by atoms with E-state index in [0.29, 0.717) is 0 Å². The molecule has 2 rings (SSSR count). The first kappa shape index (κ1) is 15.6. The van der Waals surface area contributed by atoms with Crippen LogP contribution in [0, 0.1) is 0 Å². The molecule has 2 aromatic rings. The minimum Gasteiger partial charge on any atom is -0.507 e. The van der Waals surface area contributed by atoms with Crippen molar-refractivity contribution < 1.29 is 28.2 Å². The SMILES string of the molecule is COc1ccc(S(=O)(=O)Nc2ccc(C(=O)O)c(O)c2)cn1. The number of nitrogens with zero attached hydrogens (tertiary/aromatic N) is 1. The van der Waals surface area contributed by atoms with Gasteiger partial charge < -0.3 is 14.9 Å². The average Bonchev–Trinajstić information content (AvgIpc) is 2.46. The smallest absolute Gasteiger partial charge is 0.339 e. The van der Waals surface area contributed by atoms with Crippen molar-refractivity contribution in [3.8, 4) is 11.6 Å². The number of pyridine rings is 1. The van der Waals surface area contributed by atoms with E-state index in [0.717, 1.165) is 18.3 Å². The monoisotopic (exact) mass is 324 g/mol. The van der Waals surface area contributed by atoms with Crippen LogP contribution in [0.4, 0.5) is 5.69 Å². The lowest BCUT2D eigenvalue weighted by atomic mass is 10.2. The number of ether oxygens (including phenoxy) is 1. The summed E-state index contributed by atoms with van der Waals surface area (Å²) < 4.78 is 31.3. The number of phenols is 1. The number of anilines is 1. The minimum absolute atomic E-state index is 0.0262.